The highest BCUT2D eigenvalue weighted by atomic mass is 79.9. The SMILES string of the molecule is CCOc1cc(C=Nn2c(CC)nc3ccc(Br)cc3c2=O)c(Br)c(Cl)c1O[C@H](C)C(=O)OC. The van der Waals surface area contributed by atoms with Crippen molar-refractivity contribution in [1.82, 2.24) is 9.66 Å². The van der Waals surface area contributed by atoms with E-state index < -0.39 is 12.1 Å². The van der Waals surface area contributed by atoms with Crippen molar-refractivity contribution >= 4 is 66.5 Å². The van der Waals surface area contributed by atoms with Gasteiger partial charge in [-0.2, -0.15) is 9.78 Å². The van der Waals surface area contributed by atoms with E-state index in [1.165, 1.54) is 18.0 Å². The lowest BCUT2D eigenvalue weighted by Crippen LogP contribution is -2.25. The van der Waals surface area contributed by atoms with E-state index in [-0.39, 0.29) is 16.3 Å². The lowest BCUT2D eigenvalue weighted by Gasteiger charge is -2.19. The van der Waals surface area contributed by atoms with Crippen LogP contribution in [0.1, 0.15) is 32.2 Å². The molecule has 0 amide bonds. The molecule has 180 valence electrons. The van der Waals surface area contributed by atoms with E-state index in [1.807, 2.05) is 19.9 Å². The lowest BCUT2D eigenvalue weighted by molar-refractivity contribution is -0.147. The van der Waals surface area contributed by atoms with Gasteiger partial charge >= 0.3 is 5.97 Å². The molecule has 3 aromatic rings. The molecule has 1 aromatic heterocycles. The zero-order chi connectivity index (χ0) is 25.0. The zero-order valence-electron chi connectivity index (χ0n) is 18.9. The molecule has 2 aromatic carbocycles. The summed E-state index contributed by atoms with van der Waals surface area (Å²) in [4.78, 5) is 29.5. The van der Waals surface area contributed by atoms with Crippen LogP contribution >= 0.6 is 43.5 Å². The Hall–Kier alpha value is -2.43. The van der Waals surface area contributed by atoms with Crippen LogP contribution in [0.5, 0.6) is 11.5 Å². The summed E-state index contributed by atoms with van der Waals surface area (Å²) < 4.78 is 18.6. The molecule has 0 spiro atoms. The summed E-state index contributed by atoms with van der Waals surface area (Å²) >= 11 is 13.4. The Balaban J connectivity index is 2.10. The first-order valence-electron chi connectivity index (χ1n) is 10.4. The third-order valence-electron chi connectivity index (χ3n) is 4.79. The molecular formula is C23H22Br2ClN3O5. The van der Waals surface area contributed by atoms with Crippen LogP contribution in [0.4, 0.5) is 0 Å². The average molecular weight is 616 g/mol. The van der Waals surface area contributed by atoms with E-state index in [2.05, 4.69) is 41.9 Å². The topological polar surface area (TPSA) is 92.0 Å². The second-order valence-electron chi connectivity index (χ2n) is 7.04. The van der Waals surface area contributed by atoms with Gasteiger partial charge in [0.05, 0.1) is 30.8 Å². The fourth-order valence-corrected chi connectivity index (χ4v) is 4.13. The van der Waals surface area contributed by atoms with Crippen molar-refractivity contribution in [3.63, 3.8) is 0 Å². The molecule has 34 heavy (non-hydrogen) atoms. The summed E-state index contributed by atoms with van der Waals surface area (Å²) in [5, 5.41) is 5.03. The van der Waals surface area contributed by atoms with Gasteiger partial charge in [-0.3, -0.25) is 4.79 Å². The van der Waals surface area contributed by atoms with Crippen LogP contribution in [0.2, 0.25) is 5.02 Å². The van der Waals surface area contributed by atoms with Crippen LogP contribution in [0.25, 0.3) is 10.9 Å². The third kappa shape index (κ3) is 5.45. The predicted octanol–water partition coefficient (Wildman–Crippen LogP) is 5.36. The minimum absolute atomic E-state index is 0.187. The second-order valence-corrected chi connectivity index (χ2v) is 9.13. The van der Waals surface area contributed by atoms with Gasteiger partial charge in [-0.1, -0.05) is 34.5 Å². The first-order valence-corrected chi connectivity index (χ1v) is 12.3. The molecule has 0 radical (unpaired) electrons. The summed E-state index contributed by atoms with van der Waals surface area (Å²) in [6.07, 6.45) is 1.09. The predicted molar refractivity (Wildman–Crippen MR) is 138 cm³/mol. The summed E-state index contributed by atoms with van der Waals surface area (Å²) in [6, 6.07) is 6.99. The maximum atomic E-state index is 13.1. The summed E-state index contributed by atoms with van der Waals surface area (Å²) in [5.74, 6) is 0.461. The van der Waals surface area contributed by atoms with Crippen molar-refractivity contribution in [2.24, 2.45) is 5.10 Å². The van der Waals surface area contributed by atoms with E-state index in [1.54, 1.807) is 25.1 Å². The third-order valence-corrected chi connectivity index (χ3v) is 6.72. The highest BCUT2D eigenvalue weighted by Gasteiger charge is 2.23. The fourth-order valence-electron chi connectivity index (χ4n) is 3.12. The van der Waals surface area contributed by atoms with Crippen LogP contribution in [-0.4, -0.2) is 41.7 Å². The molecule has 1 atom stereocenters. The number of methoxy groups -OCH3 is 1. The van der Waals surface area contributed by atoms with E-state index in [9.17, 15) is 9.59 Å². The van der Waals surface area contributed by atoms with Gasteiger partial charge in [-0.15, -0.1) is 0 Å². The highest BCUT2D eigenvalue weighted by Crippen LogP contribution is 2.42. The quantitative estimate of drug-likeness (QED) is 0.250. The monoisotopic (exact) mass is 613 g/mol. The van der Waals surface area contributed by atoms with Crippen LogP contribution in [-0.2, 0) is 16.0 Å². The van der Waals surface area contributed by atoms with Crippen LogP contribution in [0, 0.1) is 0 Å². The molecule has 0 fully saturated rings. The number of rotatable bonds is 8. The minimum Gasteiger partial charge on any atom is -0.490 e. The minimum atomic E-state index is -0.901. The molecule has 0 saturated heterocycles. The van der Waals surface area contributed by atoms with Crippen molar-refractivity contribution in [3.05, 3.63) is 60.0 Å². The average Bonchev–Trinajstić information content (AvgIpc) is 2.83. The molecule has 0 aliphatic rings. The summed E-state index contributed by atoms with van der Waals surface area (Å²) in [7, 11) is 1.27. The van der Waals surface area contributed by atoms with Gasteiger partial charge in [0.25, 0.3) is 5.56 Å². The van der Waals surface area contributed by atoms with Crippen LogP contribution in [0.3, 0.4) is 0 Å². The molecule has 0 N–H and O–H groups in total. The van der Waals surface area contributed by atoms with Gasteiger partial charge in [0.2, 0.25) is 0 Å². The Morgan fingerprint density at radius 1 is 1.29 bits per heavy atom. The number of aryl methyl sites for hydroxylation is 1. The van der Waals surface area contributed by atoms with E-state index in [0.717, 1.165) is 4.47 Å². The lowest BCUT2D eigenvalue weighted by atomic mass is 10.2. The van der Waals surface area contributed by atoms with Crippen molar-refractivity contribution in [3.8, 4) is 11.5 Å². The second kappa shape index (κ2) is 11.3. The van der Waals surface area contributed by atoms with Crippen molar-refractivity contribution in [1.29, 1.82) is 0 Å². The van der Waals surface area contributed by atoms with Gasteiger partial charge in [-0.25, -0.2) is 9.78 Å². The Morgan fingerprint density at radius 3 is 2.68 bits per heavy atom. The van der Waals surface area contributed by atoms with E-state index >= 15 is 0 Å². The smallest absolute Gasteiger partial charge is 0.346 e. The maximum absolute atomic E-state index is 13.1. The number of esters is 1. The molecule has 1 heterocycles. The van der Waals surface area contributed by atoms with E-state index in [0.29, 0.717) is 45.5 Å². The largest absolute Gasteiger partial charge is 0.490 e. The number of nitrogens with zero attached hydrogens (tertiary/aromatic N) is 3. The number of fused-ring (bicyclic) bond motifs is 1. The molecular weight excluding hydrogens is 594 g/mol. The molecule has 8 nitrogen and oxygen atoms in total. The Kier molecular flexibility index (Phi) is 8.72. The van der Waals surface area contributed by atoms with Gasteiger partial charge in [-0.05, 0) is 54.0 Å². The van der Waals surface area contributed by atoms with Crippen LogP contribution < -0.4 is 15.0 Å². The van der Waals surface area contributed by atoms with Crippen molar-refractivity contribution in [2.45, 2.75) is 33.3 Å². The summed E-state index contributed by atoms with van der Waals surface area (Å²) in [6.45, 7) is 5.58. The number of hydrogen-bond donors (Lipinski definition) is 0. The van der Waals surface area contributed by atoms with Gasteiger partial charge in [0.1, 0.15) is 10.8 Å². The number of hydrogen-bond acceptors (Lipinski definition) is 7. The molecule has 11 heteroatoms. The molecule has 0 bridgehead atoms. The van der Waals surface area contributed by atoms with Gasteiger partial charge in [0.15, 0.2) is 17.6 Å². The van der Waals surface area contributed by atoms with Crippen LogP contribution in [0.15, 0.2) is 43.1 Å². The Bertz CT molecular complexity index is 1330. The molecule has 0 aliphatic heterocycles. The number of halogens is 3. The molecule has 0 saturated carbocycles. The van der Waals surface area contributed by atoms with Crippen molar-refractivity contribution < 1.29 is 19.0 Å². The number of carbonyl (C=O) groups excluding carboxylic acids is 1. The fraction of sp³-hybridized carbons (Fsp3) is 0.304. The van der Waals surface area contributed by atoms with Gasteiger partial charge in [0, 0.05) is 20.9 Å². The Labute approximate surface area is 218 Å². The normalized spacial score (nSPS) is 12.2. The molecule has 0 unspecified atom stereocenters. The first kappa shape index (κ1) is 26.2. The van der Waals surface area contributed by atoms with Crippen molar-refractivity contribution in [2.75, 3.05) is 13.7 Å². The number of benzene rings is 2. The number of ether oxygens (including phenoxy) is 3. The first-order chi connectivity index (χ1) is 16.2. The highest BCUT2D eigenvalue weighted by molar-refractivity contribution is 9.10. The molecule has 0 aliphatic carbocycles. The zero-order valence-corrected chi connectivity index (χ0v) is 22.8. The maximum Gasteiger partial charge on any atom is 0.346 e. The Morgan fingerprint density at radius 2 is 2.03 bits per heavy atom. The standard InChI is InChI=1S/C23H22Br2ClN3O5/c1-5-18-28-16-8-7-14(24)10-15(16)22(30)29(18)27-11-13-9-17(33-6-2)21(20(26)19(13)25)34-12(3)23(31)32-4/h7-12H,5-6H2,1-4H3/t12-/m1/s1. The van der Waals surface area contributed by atoms with Gasteiger partial charge < -0.3 is 14.2 Å². The van der Waals surface area contributed by atoms with E-state index in [4.69, 9.17) is 25.8 Å². The number of aromatic nitrogens is 2. The number of carbonyl (C=O) groups is 1. The summed E-state index contributed by atoms with van der Waals surface area (Å²) in [5.41, 5.74) is 0.842. The molecule has 3 rings (SSSR count).